The van der Waals surface area contributed by atoms with Gasteiger partial charge in [-0.3, -0.25) is 4.79 Å². The van der Waals surface area contributed by atoms with Gasteiger partial charge in [0.25, 0.3) is 0 Å². The molecular formula is C13H23N3O. The molecule has 0 aliphatic carbocycles. The Bertz CT molecular complexity index is 321. The fourth-order valence-corrected chi connectivity index (χ4v) is 2.19. The average Bonchev–Trinajstić information content (AvgIpc) is 2.37. The van der Waals surface area contributed by atoms with Gasteiger partial charge in [0.1, 0.15) is 5.41 Å². The quantitative estimate of drug-likeness (QED) is 0.747. The van der Waals surface area contributed by atoms with Gasteiger partial charge in [-0.05, 0) is 40.3 Å². The number of rotatable bonds is 3. The molecule has 4 nitrogen and oxygen atoms in total. The molecule has 2 unspecified atom stereocenters. The lowest BCUT2D eigenvalue weighted by Crippen LogP contribution is -2.51. The first-order chi connectivity index (χ1) is 7.94. The van der Waals surface area contributed by atoms with Crippen molar-refractivity contribution < 1.29 is 4.79 Å². The van der Waals surface area contributed by atoms with Crippen LogP contribution in [0.5, 0.6) is 0 Å². The van der Waals surface area contributed by atoms with Crippen molar-refractivity contribution in [3.63, 3.8) is 0 Å². The van der Waals surface area contributed by atoms with E-state index >= 15 is 0 Å². The van der Waals surface area contributed by atoms with Gasteiger partial charge in [0.2, 0.25) is 5.91 Å². The molecule has 4 heteroatoms. The highest BCUT2D eigenvalue weighted by molar-refractivity contribution is 5.85. The van der Waals surface area contributed by atoms with Crippen LogP contribution in [0.3, 0.4) is 0 Å². The summed E-state index contributed by atoms with van der Waals surface area (Å²) in [5.74, 6) is -0.00551. The van der Waals surface area contributed by atoms with Gasteiger partial charge in [0, 0.05) is 19.1 Å². The Morgan fingerprint density at radius 2 is 2.24 bits per heavy atom. The van der Waals surface area contributed by atoms with Crippen LogP contribution in [0.2, 0.25) is 0 Å². The summed E-state index contributed by atoms with van der Waals surface area (Å²) in [4.78, 5) is 16.4. The first-order valence-corrected chi connectivity index (χ1v) is 6.31. The van der Waals surface area contributed by atoms with Crippen molar-refractivity contribution in [3.8, 4) is 6.07 Å². The SMILES string of the molecule is CCC(C)(C#N)C(=O)N1CCCC(N(C)C)C1. The highest BCUT2D eigenvalue weighted by Gasteiger charge is 2.37. The molecule has 1 heterocycles. The first-order valence-electron chi connectivity index (χ1n) is 6.31. The third kappa shape index (κ3) is 2.98. The van der Waals surface area contributed by atoms with E-state index in [9.17, 15) is 4.79 Å². The standard InChI is InChI=1S/C13H23N3O/c1-5-13(2,10-14)12(17)16-8-6-7-11(9-16)15(3)4/h11H,5-9H2,1-4H3. The molecule has 1 rings (SSSR count). The lowest BCUT2D eigenvalue weighted by Gasteiger charge is -2.38. The topological polar surface area (TPSA) is 47.3 Å². The van der Waals surface area contributed by atoms with Crippen LogP contribution in [0, 0.1) is 16.7 Å². The van der Waals surface area contributed by atoms with Gasteiger partial charge in [0.15, 0.2) is 0 Å². The minimum atomic E-state index is -0.853. The lowest BCUT2D eigenvalue weighted by molar-refractivity contribution is -0.140. The number of carbonyl (C=O) groups excluding carboxylic acids is 1. The third-order valence-electron chi connectivity index (χ3n) is 3.84. The molecule has 96 valence electrons. The van der Waals surface area contributed by atoms with Gasteiger partial charge in [-0.25, -0.2) is 0 Å². The molecule has 0 aromatic carbocycles. The largest absolute Gasteiger partial charge is 0.340 e. The summed E-state index contributed by atoms with van der Waals surface area (Å²) in [6.07, 6.45) is 2.73. The van der Waals surface area contributed by atoms with Gasteiger partial charge in [-0.1, -0.05) is 6.92 Å². The maximum absolute atomic E-state index is 12.3. The van der Waals surface area contributed by atoms with Crippen LogP contribution in [0.4, 0.5) is 0 Å². The Morgan fingerprint density at radius 3 is 2.71 bits per heavy atom. The number of likely N-dealkylation sites (tertiary alicyclic amines) is 1. The summed E-state index contributed by atoms with van der Waals surface area (Å²) in [6.45, 7) is 5.19. The van der Waals surface area contributed by atoms with Crippen molar-refractivity contribution in [1.82, 2.24) is 9.80 Å². The van der Waals surface area contributed by atoms with Gasteiger partial charge in [0.05, 0.1) is 6.07 Å². The van der Waals surface area contributed by atoms with Crippen LogP contribution in [-0.4, -0.2) is 48.9 Å². The molecule has 0 radical (unpaired) electrons. The zero-order valence-corrected chi connectivity index (χ0v) is 11.4. The van der Waals surface area contributed by atoms with Crippen LogP contribution >= 0.6 is 0 Å². The summed E-state index contributed by atoms with van der Waals surface area (Å²) in [5, 5.41) is 9.15. The number of carbonyl (C=O) groups is 1. The Labute approximate surface area is 104 Å². The molecule has 0 bridgehead atoms. The molecule has 0 aromatic rings. The van der Waals surface area contributed by atoms with Crippen molar-refractivity contribution >= 4 is 5.91 Å². The molecule has 1 saturated heterocycles. The van der Waals surface area contributed by atoms with E-state index < -0.39 is 5.41 Å². The summed E-state index contributed by atoms with van der Waals surface area (Å²) in [7, 11) is 4.09. The second-order valence-corrected chi connectivity index (χ2v) is 5.31. The van der Waals surface area contributed by atoms with Crippen molar-refractivity contribution in [2.45, 2.75) is 39.2 Å². The second-order valence-electron chi connectivity index (χ2n) is 5.31. The molecule has 0 aromatic heterocycles. The predicted molar refractivity (Wildman–Crippen MR) is 67.3 cm³/mol. The Kier molecular flexibility index (Phi) is 4.53. The highest BCUT2D eigenvalue weighted by atomic mass is 16.2. The smallest absolute Gasteiger partial charge is 0.242 e. The predicted octanol–water partition coefficient (Wildman–Crippen LogP) is 1.48. The highest BCUT2D eigenvalue weighted by Crippen LogP contribution is 2.25. The van der Waals surface area contributed by atoms with E-state index in [1.165, 1.54) is 0 Å². The van der Waals surface area contributed by atoms with E-state index in [1.54, 1.807) is 6.92 Å². The maximum Gasteiger partial charge on any atom is 0.242 e. The average molecular weight is 237 g/mol. The molecule has 0 spiro atoms. The van der Waals surface area contributed by atoms with Crippen molar-refractivity contribution in [3.05, 3.63) is 0 Å². The van der Waals surface area contributed by atoms with E-state index in [4.69, 9.17) is 5.26 Å². The van der Waals surface area contributed by atoms with E-state index in [2.05, 4.69) is 11.0 Å². The van der Waals surface area contributed by atoms with Crippen LogP contribution in [0.15, 0.2) is 0 Å². The lowest BCUT2D eigenvalue weighted by atomic mass is 9.87. The second kappa shape index (κ2) is 5.50. The van der Waals surface area contributed by atoms with Crippen molar-refractivity contribution in [2.24, 2.45) is 5.41 Å². The molecule has 1 aliphatic heterocycles. The molecule has 2 atom stereocenters. The summed E-state index contributed by atoms with van der Waals surface area (Å²) in [5.41, 5.74) is -0.853. The molecule has 1 aliphatic rings. The summed E-state index contributed by atoms with van der Waals surface area (Å²) >= 11 is 0. The van der Waals surface area contributed by atoms with Gasteiger partial charge < -0.3 is 9.80 Å². The van der Waals surface area contributed by atoms with Crippen molar-refractivity contribution in [2.75, 3.05) is 27.2 Å². The fourth-order valence-electron chi connectivity index (χ4n) is 2.19. The number of piperidine rings is 1. The summed E-state index contributed by atoms with van der Waals surface area (Å²) in [6, 6.07) is 2.59. The Morgan fingerprint density at radius 1 is 1.59 bits per heavy atom. The monoisotopic (exact) mass is 237 g/mol. The molecule has 0 N–H and O–H groups in total. The number of nitriles is 1. The maximum atomic E-state index is 12.3. The normalized spacial score (nSPS) is 24.2. The Hall–Kier alpha value is -1.08. The van der Waals surface area contributed by atoms with Crippen LogP contribution in [-0.2, 0) is 4.79 Å². The number of hydrogen-bond donors (Lipinski definition) is 0. The molecule has 0 saturated carbocycles. The van der Waals surface area contributed by atoms with Gasteiger partial charge in [-0.2, -0.15) is 5.26 Å². The summed E-state index contributed by atoms with van der Waals surface area (Å²) < 4.78 is 0. The molecular weight excluding hydrogens is 214 g/mol. The first kappa shape index (κ1) is 14.0. The molecule has 17 heavy (non-hydrogen) atoms. The number of nitrogens with zero attached hydrogens (tertiary/aromatic N) is 3. The minimum Gasteiger partial charge on any atom is -0.340 e. The Balaban J connectivity index is 2.73. The molecule has 1 fully saturated rings. The van der Waals surface area contributed by atoms with E-state index in [0.29, 0.717) is 12.5 Å². The van der Waals surface area contributed by atoms with Crippen LogP contribution < -0.4 is 0 Å². The molecule has 1 amide bonds. The van der Waals surface area contributed by atoms with Crippen LogP contribution in [0.1, 0.15) is 33.1 Å². The number of amides is 1. The van der Waals surface area contributed by atoms with E-state index in [-0.39, 0.29) is 5.91 Å². The van der Waals surface area contributed by atoms with Gasteiger partial charge in [-0.15, -0.1) is 0 Å². The minimum absolute atomic E-state index is 0.00551. The third-order valence-corrected chi connectivity index (χ3v) is 3.84. The van der Waals surface area contributed by atoms with Crippen LogP contribution in [0.25, 0.3) is 0 Å². The zero-order chi connectivity index (χ0) is 13.1. The van der Waals surface area contributed by atoms with E-state index in [0.717, 1.165) is 25.9 Å². The number of likely N-dealkylation sites (N-methyl/N-ethyl adjacent to an activating group) is 1. The number of hydrogen-bond acceptors (Lipinski definition) is 3. The van der Waals surface area contributed by atoms with E-state index in [1.807, 2.05) is 25.9 Å². The van der Waals surface area contributed by atoms with Crippen molar-refractivity contribution in [1.29, 1.82) is 5.26 Å². The van der Waals surface area contributed by atoms with Gasteiger partial charge >= 0.3 is 0 Å². The zero-order valence-electron chi connectivity index (χ0n) is 11.4. The fraction of sp³-hybridized carbons (Fsp3) is 0.846.